The molecule has 0 fully saturated rings. The summed E-state index contributed by atoms with van der Waals surface area (Å²) in [5, 5.41) is 0. The molecule has 0 aromatic heterocycles. The second-order valence-corrected chi connectivity index (χ2v) is 10.7. The molecular weight excluding hydrogens is 448 g/mol. The Bertz CT molecular complexity index is 901. The minimum Gasteiger partial charge on any atom is -0.255 e. The van der Waals surface area contributed by atoms with Gasteiger partial charge in [-0.05, 0) is 111 Å². The van der Waals surface area contributed by atoms with Crippen LogP contribution in [0.25, 0.3) is 0 Å². The molecule has 0 unspecified atom stereocenters. The highest BCUT2D eigenvalue weighted by Crippen LogP contribution is 2.24. The van der Waals surface area contributed by atoms with Crippen LogP contribution in [0.1, 0.15) is 134 Å². The zero-order chi connectivity index (χ0) is 26.7. The lowest BCUT2D eigenvalue weighted by atomic mass is 10.0. The van der Waals surface area contributed by atoms with Gasteiger partial charge in [-0.2, -0.15) is 0 Å². The highest BCUT2D eigenvalue weighted by Gasteiger charge is 2.05. The molecule has 0 bridgehead atoms. The number of hydrogen-bond acceptors (Lipinski definition) is 2. The Labute approximate surface area is 229 Å². The van der Waals surface area contributed by atoms with Crippen molar-refractivity contribution in [2.45, 2.75) is 137 Å². The number of unbranched alkanes of at least 4 members (excludes halogenated alkanes) is 6. The Balaban J connectivity index is 2.38. The fourth-order valence-corrected chi connectivity index (χ4v) is 4.75. The molecule has 0 radical (unpaired) electrons. The lowest BCUT2D eigenvalue weighted by Crippen LogP contribution is -2.00. The van der Waals surface area contributed by atoms with Gasteiger partial charge in [0.2, 0.25) is 0 Å². The van der Waals surface area contributed by atoms with Crippen LogP contribution in [0.2, 0.25) is 0 Å². The summed E-state index contributed by atoms with van der Waals surface area (Å²) in [5.74, 6) is 0. The van der Waals surface area contributed by atoms with Crippen molar-refractivity contribution in [3.63, 3.8) is 0 Å². The molecule has 0 aliphatic heterocycles. The third-order valence-corrected chi connectivity index (χ3v) is 7.02. The molecule has 0 spiro atoms. The van der Waals surface area contributed by atoms with Gasteiger partial charge in [-0.25, -0.2) is 0 Å². The molecule has 0 aliphatic carbocycles. The van der Waals surface area contributed by atoms with Crippen LogP contribution in [-0.2, 0) is 25.7 Å². The van der Waals surface area contributed by atoms with Gasteiger partial charge >= 0.3 is 0 Å². The maximum absolute atomic E-state index is 5.19. The smallest absolute Gasteiger partial charge is 0.0639 e. The summed E-state index contributed by atoms with van der Waals surface area (Å²) in [7, 11) is 0. The Hall–Kier alpha value is -2.22. The Morgan fingerprint density at radius 2 is 0.919 bits per heavy atom. The van der Waals surface area contributed by atoms with Crippen LogP contribution in [-0.4, -0.2) is 11.9 Å². The maximum atomic E-state index is 5.19. The van der Waals surface area contributed by atoms with Gasteiger partial charge in [0.1, 0.15) is 0 Å². The van der Waals surface area contributed by atoms with Crippen LogP contribution < -0.4 is 0 Å². The highest BCUT2D eigenvalue weighted by atomic mass is 14.8. The highest BCUT2D eigenvalue weighted by molar-refractivity contribution is 6.31. The summed E-state index contributed by atoms with van der Waals surface area (Å²) in [6.45, 7) is 11.3. The molecule has 37 heavy (non-hydrogen) atoms. The summed E-state index contributed by atoms with van der Waals surface area (Å²) in [6.07, 6.45) is 21.1. The van der Waals surface area contributed by atoms with Crippen LogP contribution in [0.3, 0.4) is 0 Å². The average Bonchev–Trinajstić information content (AvgIpc) is 2.91. The number of aryl methyl sites for hydroxylation is 4. The quantitative estimate of drug-likeness (QED) is 0.135. The number of rotatable bonds is 19. The molecule has 0 amide bonds. The van der Waals surface area contributed by atoms with Crippen molar-refractivity contribution in [1.82, 2.24) is 0 Å². The summed E-state index contributed by atoms with van der Waals surface area (Å²) in [6, 6.07) is 14.0. The molecule has 2 nitrogen and oxygen atoms in total. The summed E-state index contributed by atoms with van der Waals surface area (Å²) >= 11 is 0. The van der Waals surface area contributed by atoms with Crippen molar-refractivity contribution in [3.05, 3.63) is 58.7 Å². The fraction of sp³-hybridized carbons (Fsp3) is 0.600. The largest absolute Gasteiger partial charge is 0.255 e. The lowest BCUT2D eigenvalue weighted by molar-refractivity contribution is 0.744. The third-order valence-electron chi connectivity index (χ3n) is 7.02. The van der Waals surface area contributed by atoms with Crippen molar-refractivity contribution < 1.29 is 0 Å². The van der Waals surface area contributed by atoms with Crippen LogP contribution >= 0.6 is 0 Å². The van der Waals surface area contributed by atoms with Gasteiger partial charge in [0.15, 0.2) is 0 Å². The molecule has 2 aromatic rings. The van der Waals surface area contributed by atoms with E-state index in [9.17, 15) is 0 Å². The van der Waals surface area contributed by atoms with Gasteiger partial charge in [-0.1, -0.05) is 85.3 Å². The Kier molecular flexibility index (Phi) is 15.9. The molecule has 204 valence electrons. The van der Waals surface area contributed by atoms with Crippen molar-refractivity contribution >= 4 is 23.3 Å². The standard InChI is InChI=1S/C35H54N2/c1-6-11-16-21-33(37-35-26-31(19-14-9-4)23-32(27-35)20-15-10-5)28-36-34-24-29(17-12-7-2)22-30(25-34)18-13-8-3/h22-28H,6-21H2,1-5H3. The number of nitrogens with zero attached hydrogens (tertiary/aromatic N) is 2. The molecule has 0 heterocycles. The van der Waals surface area contributed by atoms with Crippen molar-refractivity contribution in [2.75, 3.05) is 0 Å². The van der Waals surface area contributed by atoms with Crippen LogP contribution in [0.4, 0.5) is 11.4 Å². The lowest BCUT2D eigenvalue weighted by Gasteiger charge is -2.09. The Morgan fingerprint density at radius 1 is 0.514 bits per heavy atom. The molecule has 2 rings (SSSR count). The molecule has 0 atom stereocenters. The normalized spacial score (nSPS) is 12.1. The molecule has 2 heteroatoms. The Morgan fingerprint density at radius 3 is 1.32 bits per heavy atom. The van der Waals surface area contributed by atoms with E-state index < -0.39 is 0 Å². The number of hydrogen-bond donors (Lipinski definition) is 0. The van der Waals surface area contributed by atoms with Crippen molar-refractivity contribution in [3.8, 4) is 0 Å². The van der Waals surface area contributed by atoms with Gasteiger partial charge in [-0.15, -0.1) is 0 Å². The van der Waals surface area contributed by atoms with Gasteiger partial charge in [0.05, 0.1) is 17.1 Å². The second-order valence-electron chi connectivity index (χ2n) is 10.7. The first-order valence-corrected chi connectivity index (χ1v) is 15.5. The molecule has 0 aliphatic rings. The molecule has 0 saturated heterocycles. The van der Waals surface area contributed by atoms with E-state index in [1.54, 1.807) is 0 Å². The first kappa shape index (κ1) is 31.0. The molecular formula is C35H54N2. The van der Waals surface area contributed by atoms with Crippen molar-refractivity contribution in [1.29, 1.82) is 0 Å². The number of aliphatic imine (C=N–C) groups is 2. The van der Waals surface area contributed by atoms with E-state index in [0.29, 0.717) is 0 Å². The molecule has 0 N–H and O–H groups in total. The van der Waals surface area contributed by atoms with E-state index in [1.165, 1.54) is 86.5 Å². The SMILES string of the molecule is CCCCCC(C=Nc1cc(CCCC)cc(CCCC)c1)=Nc1cc(CCCC)cc(CCCC)c1. The summed E-state index contributed by atoms with van der Waals surface area (Å²) < 4.78 is 0. The minimum atomic E-state index is 0.985. The van der Waals surface area contributed by atoms with E-state index in [4.69, 9.17) is 9.98 Å². The maximum Gasteiger partial charge on any atom is 0.0639 e. The van der Waals surface area contributed by atoms with Gasteiger partial charge in [-0.3, -0.25) is 9.98 Å². The van der Waals surface area contributed by atoms with Gasteiger partial charge in [0, 0.05) is 6.21 Å². The van der Waals surface area contributed by atoms with E-state index in [0.717, 1.165) is 55.6 Å². The molecule has 2 aromatic carbocycles. The topological polar surface area (TPSA) is 24.7 Å². The zero-order valence-corrected chi connectivity index (χ0v) is 24.7. The third kappa shape index (κ3) is 12.7. The van der Waals surface area contributed by atoms with E-state index >= 15 is 0 Å². The van der Waals surface area contributed by atoms with Gasteiger partial charge in [0.25, 0.3) is 0 Å². The van der Waals surface area contributed by atoms with Crippen LogP contribution in [0, 0.1) is 0 Å². The average molecular weight is 503 g/mol. The molecule has 0 saturated carbocycles. The fourth-order valence-electron chi connectivity index (χ4n) is 4.75. The van der Waals surface area contributed by atoms with Crippen LogP contribution in [0.5, 0.6) is 0 Å². The van der Waals surface area contributed by atoms with E-state index in [2.05, 4.69) is 77.2 Å². The second kappa shape index (κ2) is 18.9. The first-order chi connectivity index (χ1) is 18.1. The monoisotopic (exact) mass is 502 g/mol. The van der Waals surface area contributed by atoms with E-state index in [1.807, 2.05) is 0 Å². The number of benzene rings is 2. The predicted molar refractivity (Wildman–Crippen MR) is 167 cm³/mol. The predicted octanol–water partition coefficient (Wildman–Crippen LogP) is 11.1. The summed E-state index contributed by atoms with van der Waals surface area (Å²) in [4.78, 5) is 10.2. The van der Waals surface area contributed by atoms with E-state index in [-0.39, 0.29) is 0 Å². The van der Waals surface area contributed by atoms with Crippen molar-refractivity contribution in [2.24, 2.45) is 9.98 Å². The van der Waals surface area contributed by atoms with Crippen LogP contribution in [0.15, 0.2) is 46.4 Å². The first-order valence-electron chi connectivity index (χ1n) is 15.5. The summed E-state index contributed by atoms with van der Waals surface area (Å²) in [5.41, 5.74) is 9.02. The minimum absolute atomic E-state index is 0.985. The van der Waals surface area contributed by atoms with Gasteiger partial charge < -0.3 is 0 Å². The zero-order valence-electron chi connectivity index (χ0n) is 24.7.